The zero-order chi connectivity index (χ0) is 16.0. The first-order valence-corrected chi connectivity index (χ1v) is 8.19. The lowest BCUT2D eigenvalue weighted by atomic mass is 9.97. The smallest absolute Gasteiger partial charge is 0.254 e. The minimum Gasteiger partial charge on any atom is -0.351 e. The maximum Gasteiger partial charge on any atom is 0.254 e. The Labute approximate surface area is 135 Å². The SMILES string of the molecule is CC(C)(C)CNC(=O)c1cccnc1SCc1ccncc1. The summed E-state index contributed by atoms with van der Waals surface area (Å²) < 4.78 is 0. The van der Waals surface area contributed by atoms with Crippen molar-refractivity contribution in [3.05, 3.63) is 54.0 Å². The molecule has 0 saturated heterocycles. The molecular weight excluding hydrogens is 294 g/mol. The third-order valence-electron chi connectivity index (χ3n) is 2.92. The van der Waals surface area contributed by atoms with E-state index in [2.05, 4.69) is 36.1 Å². The van der Waals surface area contributed by atoms with Gasteiger partial charge in [0.05, 0.1) is 5.56 Å². The third-order valence-corrected chi connectivity index (χ3v) is 4.00. The van der Waals surface area contributed by atoms with Crippen LogP contribution >= 0.6 is 11.8 Å². The number of amides is 1. The van der Waals surface area contributed by atoms with Gasteiger partial charge in [-0.2, -0.15) is 0 Å². The summed E-state index contributed by atoms with van der Waals surface area (Å²) in [5.74, 6) is 0.694. The van der Waals surface area contributed by atoms with Crippen LogP contribution in [0.3, 0.4) is 0 Å². The van der Waals surface area contributed by atoms with E-state index in [0.29, 0.717) is 12.1 Å². The average Bonchev–Trinajstić information content (AvgIpc) is 2.51. The number of hydrogen-bond acceptors (Lipinski definition) is 4. The van der Waals surface area contributed by atoms with Crippen LogP contribution in [0.5, 0.6) is 0 Å². The fourth-order valence-electron chi connectivity index (χ4n) is 1.75. The van der Waals surface area contributed by atoms with Crippen molar-refractivity contribution in [2.45, 2.75) is 31.6 Å². The summed E-state index contributed by atoms with van der Waals surface area (Å²) in [4.78, 5) is 20.7. The molecule has 0 unspecified atom stereocenters. The Kier molecular flexibility index (Phi) is 5.55. The van der Waals surface area contributed by atoms with Gasteiger partial charge in [0, 0.05) is 30.9 Å². The molecule has 0 atom stereocenters. The Morgan fingerprint density at radius 1 is 1.18 bits per heavy atom. The van der Waals surface area contributed by atoms with Crippen molar-refractivity contribution in [3.63, 3.8) is 0 Å². The normalized spacial score (nSPS) is 11.2. The molecule has 2 heterocycles. The zero-order valence-corrected chi connectivity index (χ0v) is 14.0. The van der Waals surface area contributed by atoms with E-state index in [4.69, 9.17) is 0 Å². The van der Waals surface area contributed by atoms with Gasteiger partial charge in [-0.1, -0.05) is 20.8 Å². The molecule has 1 N–H and O–H groups in total. The van der Waals surface area contributed by atoms with Crippen LogP contribution in [-0.2, 0) is 5.75 Å². The van der Waals surface area contributed by atoms with Gasteiger partial charge in [-0.05, 0) is 35.2 Å². The van der Waals surface area contributed by atoms with Crippen LogP contribution in [0, 0.1) is 5.41 Å². The molecule has 0 aromatic carbocycles. The van der Waals surface area contributed by atoms with E-state index in [1.54, 1.807) is 36.4 Å². The second-order valence-corrected chi connectivity index (χ2v) is 7.21. The summed E-state index contributed by atoms with van der Waals surface area (Å²) in [6.07, 6.45) is 5.26. The summed E-state index contributed by atoms with van der Waals surface area (Å²) in [7, 11) is 0. The molecule has 2 aromatic rings. The summed E-state index contributed by atoms with van der Waals surface area (Å²) >= 11 is 1.56. The molecule has 0 aliphatic rings. The van der Waals surface area contributed by atoms with Crippen molar-refractivity contribution in [3.8, 4) is 0 Å². The lowest BCUT2D eigenvalue weighted by molar-refractivity contribution is 0.0935. The van der Waals surface area contributed by atoms with Crippen molar-refractivity contribution < 1.29 is 4.79 Å². The largest absolute Gasteiger partial charge is 0.351 e. The van der Waals surface area contributed by atoms with Gasteiger partial charge in [-0.3, -0.25) is 9.78 Å². The Bertz CT molecular complexity index is 623. The van der Waals surface area contributed by atoms with Crippen molar-refractivity contribution in [1.82, 2.24) is 15.3 Å². The van der Waals surface area contributed by atoms with E-state index >= 15 is 0 Å². The highest BCUT2D eigenvalue weighted by molar-refractivity contribution is 7.98. The lowest BCUT2D eigenvalue weighted by Gasteiger charge is -2.19. The highest BCUT2D eigenvalue weighted by Crippen LogP contribution is 2.24. The lowest BCUT2D eigenvalue weighted by Crippen LogP contribution is -2.32. The summed E-state index contributed by atoms with van der Waals surface area (Å²) in [6, 6.07) is 7.55. The fraction of sp³-hybridized carbons (Fsp3) is 0.353. The Morgan fingerprint density at radius 2 is 1.91 bits per heavy atom. The maximum absolute atomic E-state index is 12.3. The number of aromatic nitrogens is 2. The first-order chi connectivity index (χ1) is 10.5. The van der Waals surface area contributed by atoms with Crippen LogP contribution in [0.2, 0.25) is 0 Å². The topological polar surface area (TPSA) is 54.9 Å². The van der Waals surface area contributed by atoms with Crippen molar-refractivity contribution in [1.29, 1.82) is 0 Å². The standard InChI is InChI=1S/C17H21N3OS/c1-17(2,3)12-20-15(21)14-5-4-8-19-16(14)22-11-13-6-9-18-10-7-13/h4-10H,11-12H2,1-3H3,(H,20,21). The second-order valence-electron chi connectivity index (χ2n) is 6.24. The highest BCUT2D eigenvalue weighted by atomic mass is 32.2. The fourth-order valence-corrected chi connectivity index (χ4v) is 2.70. The molecule has 0 aliphatic carbocycles. The number of hydrogen-bond donors (Lipinski definition) is 1. The molecule has 0 fully saturated rings. The van der Waals surface area contributed by atoms with Gasteiger partial charge in [-0.15, -0.1) is 11.8 Å². The third kappa shape index (κ3) is 5.15. The first kappa shape index (κ1) is 16.5. The Hall–Kier alpha value is -1.88. The first-order valence-electron chi connectivity index (χ1n) is 7.21. The van der Waals surface area contributed by atoms with Crippen LogP contribution in [0.1, 0.15) is 36.7 Å². The Morgan fingerprint density at radius 3 is 2.59 bits per heavy atom. The molecular formula is C17H21N3OS. The zero-order valence-electron chi connectivity index (χ0n) is 13.2. The van der Waals surface area contributed by atoms with Gasteiger partial charge >= 0.3 is 0 Å². The van der Waals surface area contributed by atoms with Crippen LogP contribution in [0.15, 0.2) is 47.9 Å². The van der Waals surface area contributed by atoms with E-state index in [1.165, 1.54) is 0 Å². The predicted molar refractivity (Wildman–Crippen MR) is 89.8 cm³/mol. The number of rotatable bonds is 5. The van der Waals surface area contributed by atoms with Crippen LogP contribution in [-0.4, -0.2) is 22.4 Å². The molecule has 22 heavy (non-hydrogen) atoms. The van der Waals surface area contributed by atoms with Gasteiger partial charge in [0.15, 0.2) is 0 Å². The minimum absolute atomic E-state index is 0.0578. The minimum atomic E-state index is -0.0692. The summed E-state index contributed by atoms with van der Waals surface area (Å²) in [6.45, 7) is 6.91. The molecule has 2 rings (SSSR count). The van der Waals surface area contributed by atoms with Crippen LogP contribution in [0.4, 0.5) is 0 Å². The van der Waals surface area contributed by atoms with E-state index in [-0.39, 0.29) is 11.3 Å². The molecule has 5 heteroatoms. The van der Waals surface area contributed by atoms with Gasteiger partial charge in [0.2, 0.25) is 0 Å². The number of nitrogens with zero attached hydrogens (tertiary/aromatic N) is 2. The molecule has 4 nitrogen and oxygen atoms in total. The van der Waals surface area contributed by atoms with Crippen LogP contribution < -0.4 is 5.32 Å². The Balaban J connectivity index is 2.05. The average molecular weight is 315 g/mol. The van der Waals surface area contributed by atoms with E-state index in [0.717, 1.165) is 16.3 Å². The molecule has 0 spiro atoms. The highest BCUT2D eigenvalue weighted by Gasteiger charge is 2.16. The van der Waals surface area contributed by atoms with Gasteiger partial charge in [0.1, 0.15) is 5.03 Å². The number of carbonyl (C=O) groups excluding carboxylic acids is 1. The van der Waals surface area contributed by atoms with Crippen LogP contribution in [0.25, 0.3) is 0 Å². The van der Waals surface area contributed by atoms with Gasteiger partial charge in [-0.25, -0.2) is 4.98 Å². The van der Waals surface area contributed by atoms with Gasteiger partial charge in [0.25, 0.3) is 5.91 Å². The summed E-state index contributed by atoms with van der Waals surface area (Å²) in [5, 5.41) is 3.73. The number of carbonyl (C=O) groups is 1. The van der Waals surface area contributed by atoms with Crippen molar-refractivity contribution in [2.24, 2.45) is 5.41 Å². The number of pyridine rings is 2. The molecule has 1 amide bonds. The van der Waals surface area contributed by atoms with Crippen molar-refractivity contribution in [2.75, 3.05) is 6.54 Å². The molecule has 0 aliphatic heterocycles. The number of nitrogens with one attached hydrogen (secondary N) is 1. The quantitative estimate of drug-likeness (QED) is 0.857. The second kappa shape index (κ2) is 7.40. The molecule has 2 aromatic heterocycles. The monoisotopic (exact) mass is 315 g/mol. The molecule has 0 saturated carbocycles. The van der Waals surface area contributed by atoms with E-state index in [1.807, 2.05) is 18.2 Å². The van der Waals surface area contributed by atoms with Crippen molar-refractivity contribution >= 4 is 17.7 Å². The molecule has 116 valence electrons. The molecule has 0 radical (unpaired) electrons. The molecule has 0 bridgehead atoms. The van der Waals surface area contributed by atoms with E-state index in [9.17, 15) is 4.79 Å². The van der Waals surface area contributed by atoms with Gasteiger partial charge < -0.3 is 5.32 Å². The summed E-state index contributed by atoms with van der Waals surface area (Å²) in [5.41, 5.74) is 1.85. The van der Waals surface area contributed by atoms with E-state index < -0.39 is 0 Å². The number of thioether (sulfide) groups is 1. The predicted octanol–water partition coefficient (Wildman–Crippen LogP) is 3.54. The maximum atomic E-state index is 12.3.